The van der Waals surface area contributed by atoms with E-state index in [0.29, 0.717) is 0 Å². The minimum atomic E-state index is -0.273. The van der Waals surface area contributed by atoms with Crippen LogP contribution >= 0.6 is 0 Å². The van der Waals surface area contributed by atoms with Gasteiger partial charge in [-0.1, -0.05) is 0 Å². The number of nitrogens with two attached hydrogens (primary N) is 2. The first-order valence-corrected chi connectivity index (χ1v) is 1.81. The molecule has 0 amide bonds. The van der Waals surface area contributed by atoms with Crippen molar-refractivity contribution in [2.75, 3.05) is 0 Å². The first kappa shape index (κ1) is 6.61. The van der Waals surface area contributed by atoms with Gasteiger partial charge >= 0.3 is 0 Å². The lowest BCUT2D eigenvalue weighted by molar-refractivity contribution is 1.35. The van der Waals surface area contributed by atoms with Gasteiger partial charge in [-0.15, -0.1) is 0 Å². The van der Waals surface area contributed by atoms with Crippen molar-refractivity contribution in [1.29, 1.82) is 5.41 Å². The Balaban J connectivity index is 3.89. The highest BCUT2D eigenvalue weighted by Crippen LogP contribution is 1.71. The third kappa shape index (κ3) is 2.83. The Morgan fingerprint density at radius 2 is 2.00 bits per heavy atom. The minimum Gasteiger partial charge on any atom is -0.370 e. The van der Waals surface area contributed by atoms with E-state index in [1.54, 1.807) is 0 Å². The number of hydrogen-bond donors (Lipinski definition) is 3. The van der Waals surface area contributed by atoms with Crippen LogP contribution in [0.5, 0.6) is 0 Å². The van der Waals surface area contributed by atoms with Gasteiger partial charge in [0.1, 0.15) is 0 Å². The van der Waals surface area contributed by atoms with E-state index in [4.69, 9.17) is 16.9 Å². The normalized spacial score (nSPS) is 7.50. The Morgan fingerprint density at radius 3 is 2.12 bits per heavy atom. The van der Waals surface area contributed by atoms with Crippen LogP contribution in [-0.2, 0) is 0 Å². The lowest BCUT2D eigenvalue weighted by atomic mass is 10.9. The van der Waals surface area contributed by atoms with Crippen molar-refractivity contribution in [3.8, 4) is 0 Å². The second-order valence-electron chi connectivity index (χ2n) is 1.02. The molecular formula is C3H7N5. The van der Waals surface area contributed by atoms with Crippen molar-refractivity contribution >= 4 is 18.6 Å². The van der Waals surface area contributed by atoms with Crippen LogP contribution in [-0.4, -0.2) is 18.6 Å². The van der Waals surface area contributed by atoms with Crippen molar-refractivity contribution in [1.82, 2.24) is 0 Å². The molecule has 0 fully saturated rings. The molecule has 44 valence electrons. The lowest BCUT2D eigenvalue weighted by Crippen LogP contribution is -2.23. The second kappa shape index (κ2) is 2.73. The van der Waals surface area contributed by atoms with E-state index in [1.165, 1.54) is 0 Å². The van der Waals surface area contributed by atoms with E-state index in [2.05, 4.69) is 16.7 Å². The van der Waals surface area contributed by atoms with Gasteiger partial charge in [-0.2, -0.15) is 4.99 Å². The predicted molar refractivity (Wildman–Crippen MR) is 33.1 cm³/mol. The third-order valence-electron chi connectivity index (χ3n) is 0.385. The molecule has 0 aromatic carbocycles. The summed E-state index contributed by atoms with van der Waals surface area (Å²) in [6.07, 6.45) is 0. The van der Waals surface area contributed by atoms with Crippen LogP contribution in [0.1, 0.15) is 0 Å². The molecule has 0 rings (SSSR count). The number of hydrogen-bond acceptors (Lipinski definition) is 1. The molecule has 0 aliphatic heterocycles. The van der Waals surface area contributed by atoms with Crippen LogP contribution in [0.2, 0.25) is 0 Å². The van der Waals surface area contributed by atoms with E-state index < -0.39 is 0 Å². The van der Waals surface area contributed by atoms with Crippen LogP contribution in [0.15, 0.2) is 9.98 Å². The van der Waals surface area contributed by atoms with Gasteiger partial charge in [0.25, 0.3) is 0 Å². The van der Waals surface area contributed by atoms with Crippen molar-refractivity contribution in [3.05, 3.63) is 0 Å². The topological polar surface area (TPSA) is 101 Å². The highest BCUT2D eigenvalue weighted by atomic mass is 15.1. The summed E-state index contributed by atoms with van der Waals surface area (Å²) in [5.74, 6) is -0.451. The highest BCUT2D eigenvalue weighted by molar-refractivity contribution is 5.93. The zero-order valence-electron chi connectivity index (χ0n) is 4.26. The molecule has 0 aliphatic rings. The van der Waals surface area contributed by atoms with Gasteiger partial charge < -0.3 is 11.5 Å². The molecular weight excluding hydrogens is 106 g/mol. The lowest BCUT2D eigenvalue weighted by Gasteiger charge is -1.85. The number of nitrogens with one attached hydrogen (secondary N) is 1. The van der Waals surface area contributed by atoms with E-state index in [-0.39, 0.29) is 11.9 Å². The maximum atomic E-state index is 6.69. The Hall–Kier alpha value is -1.39. The van der Waals surface area contributed by atoms with Gasteiger partial charge in [0.15, 0.2) is 5.96 Å². The number of nitrogens with zero attached hydrogens (tertiary/aromatic N) is 2. The molecule has 5 heteroatoms. The first-order valence-electron chi connectivity index (χ1n) is 1.81. The van der Waals surface area contributed by atoms with Crippen molar-refractivity contribution in [2.45, 2.75) is 0 Å². The van der Waals surface area contributed by atoms with Gasteiger partial charge in [0.05, 0.1) is 0 Å². The quantitative estimate of drug-likeness (QED) is 0.274. The van der Waals surface area contributed by atoms with Gasteiger partial charge in [-0.25, -0.2) is 4.99 Å². The summed E-state index contributed by atoms with van der Waals surface area (Å²) in [4.78, 5) is 6.34. The fourth-order valence-corrected chi connectivity index (χ4v) is 0.158. The molecule has 0 unspecified atom stereocenters. The predicted octanol–water partition coefficient (Wildman–Crippen LogP) is -1.10. The molecule has 0 aliphatic carbocycles. The third-order valence-corrected chi connectivity index (χ3v) is 0.385. The van der Waals surface area contributed by atoms with Crippen molar-refractivity contribution in [3.63, 3.8) is 0 Å². The Bertz CT molecular complexity index is 131. The molecule has 0 saturated carbocycles. The molecule has 0 bridgehead atoms. The average molecular weight is 113 g/mol. The number of rotatable bonds is 0. The van der Waals surface area contributed by atoms with E-state index in [1.807, 2.05) is 0 Å². The van der Waals surface area contributed by atoms with Crippen molar-refractivity contribution in [2.24, 2.45) is 21.5 Å². The molecule has 8 heavy (non-hydrogen) atoms. The summed E-state index contributed by atoms with van der Waals surface area (Å²) in [7, 11) is 0. The minimum absolute atomic E-state index is 0.178. The zero-order valence-corrected chi connectivity index (χ0v) is 4.26. The maximum Gasteiger partial charge on any atom is 0.244 e. The molecule has 0 aromatic rings. The van der Waals surface area contributed by atoms with Gasteiger partial charge in [0, 0.05) is 0 Å². The molecule has 0 radical (unpaired) electrons. The number of guanidine groups is 2. The second-order valence-corrected chi connectivity index (χ2v) is 1.02. The summed E-state index contributed by atoms with van der Waals surface area (Å²) in [5, 5.41) is 6.69. The molecule has 0 saturated heterocycles. The van der Waals surface area contributed by atoms with Crippen LogP contribution in [0.4, 0.5) is 0 Å². The summed E-state index contributed by atoms with van der Waals surface area (Å²) >= 11 is 0. The Kier molecular flexibility index (Phi) is 2.25. The van der Waals surface area contributed by atoms with Crippen LogP contribution < -0.4 is 11.5 Å². The van der Waals surface area contributed by atoms with Gasteiger partial charge in [0.2, 0.25) is 5.96 Å². The fourth-order valence-electron chi connectivity index (χ4n) is 0.158. The number of aliphatic imine (C=N–C) groups is 2. The SMILES string of the molecule is C=NC(=N)N=C(N)N. The van der Waals surface area contributed by atoms with Gasteiger partial charge in [-0.05, 0) is 6.72 Å². The zero-order chi connectivity index (χ0) is 6.57. The molecule has 0 spiro atoms. The van der Waals surface area contributed by atoms with E-state index in [0.717, 1.165) is 0 Å². The van der Waals surface area contributed by atoms with E-state index in [9.17, 15) is 0 Å². The summed E-state index contributed by atoms with van der Waals surface area (Å²) in [5.41, 5.74) is 9.74. The Morgan fingerprint density at radius 1 is 1.50 bits per heavy atom. The van der Waals surface area contributed by atoms with E-state index >= 15 is 0 Å². The van der Waals surface area contributed by atoms with Crippen LogP contribution in [0, 0.1) is 5.41 Å². The monoisotopic (exact) mass is 113 g/mol. The maximum absolute atomic E-state index is 6.69. The Labute approximate surface area is 46.6 Å². The van der Waals surface area contributed by atoms with Gasteiger partial charge in [-0.3, -0.25) is 5.41 Å². The summed E-state index contributed by atoms with van der Waals surface area (Å²) < 4.78 is 0. The average Bonchev–Trinajstić information content (AvgIpc) is 1.65. The first-order chi connectivity index (χ1) is 3.66. The van der Waals surface area contributed by atoms with Crippen molar-refractivity contribution < 1.29 is 0 Å². The molecule has 5 N–H and O–H groups in total. The smallest absolute Gasteiger partial charge is 0.244 e. The molecule has 5 nitrogen and oxygen atoms in total. The molecule has 0 aromatic heterocycles. The molecule has 0 heterocycles. The largest absolute Gasteiger partial charge is 0.370 e. The highest BCUT2D eigenvalue weighted by Gasteiger charge is 1.82. The molecule has 0 atom stereocenters. The standard InChI is InChI=1S/C3H7N5/c1-7-3(6)8-2(4)5/h1H2,(H5,4,5,6,8). The fraction of sp³-hybridized carbons (Fsp3) is 0. The van der Waals surface area contributed by atoms with Crippen LogP contribution in [0.3, 0.4) is 0 Å². The summed E-state index contributed by atoms with van der Waals surface area (Å²) in [6.45, 7) is 3.02. The van der Waals surface area contributed by atoms with Crippen LogP contribution in [0.25, 0.3) is 0 Å². The summed E-state index contributed by atoms with van der Waals surface area (Å²) in [6, 6.07) is 0.